The third kappa shape index (κ3) is 3.23. The topological polar surface area (TPSA) is 110 Å². The summed E-state index contributed by atoms with van der Waals surface area (Å²) in [5, 5.41) is 14.3. The van der Waals surface area contributed by atoms with E-state index in [1.807, 2.05) is 0 Å². The van der Waals surface area contributed by atoms with E-state index < -0.39 is 10.0 Å². The van der Waals surface area contributed by atoms with Crippen LogP contribution < -0.4 is 15.8 Å². The predicted octanol–water partition coefficient (Wildman–Crippen LogP) is 0.657. The minimum Gasteiger partial charge on any atom is -0.397 e. The molecule has 6 nitrogen and oxygen atoms in total. The first kappa shape index (κ1) is 15.1. The van der Waals surface area contributed by atoms with Crippen molar-refractivity contribution in [3.8, 4) is 0 Å². The molecule has 1 fully saturated rings. The molecule has 20 heavy (non-hydrogen) atoms. The highest BCUT2D eigenvalue weighted by atomic mass is 32.2. The molecule has 0 amide bonds. The van der Waals surface area contributed by atoms with E-state index in [-0.39, 0.29) is 11.5 Å². The van der Waals surface area contributed by atoms with Gasteiger partial charge in [0.25, 0.3) is 0 Å². The van der Waals surface area contributed by atoms with Gasteiger partial charge in [0.2, 0.25) is 10.0 Å². The number of hydrogen-bond acceptors (Lipinski definition) is 5. The molecule has 112 valence electrons. The maximum atomic E-state index is 11.3. The molecule has 0 atom stereocenters. The zero-order valence-corrected chi connectivity index (χ0v) is 12.1. The molecular formula is C13H21N3O3S. The van der Waals surface area contributed by atoms with Gasteiger partial charge in [-0.3, -0.25) is 0 Å². The van der Waals surface area contributed by atoms with Crippen molar-refractivity contribution in [1.82, 2.24) is 0 Å². The summed E-state index contributed by atoms with van der Waals surface area (Å²) < 4.78 is 22.6. The van der Waals surface area contributed by atoms with Gasteiger partial charge in [-0.25, -0.2) is 13.6 Å². The number of nitrogens with two attached hydrogens (primary N) is 2. The number of sulfonamides is 1. The molecule has 5 N–H and O–H groups in total. The molecule has 0 radical (unpaired) electrons. The predicted molar refractivity (Wildman–Crippen MR) is 78.9 cm³/mol. The van der Waals surface area contributed by atoms with Crippen LogP contribution in [0.2, 0.25) is 0 Å². The van der Waals surface area contributed by atoms with Crippen LogP contribution in [-0.2, 0) is 10.0 Å². The second kappa shape index (κ2) is 5.99. The average molecular weight is 299 g/mol. The highest BCUT2D eigenvalue weighted by Gasteiger charge is 2.24. The molecule has 1 aromatic rings. The maximum Gasteiger partial charge on any atom is 0.238 e. The Labute approximate surface area is 119 Å². The van der Waals surface area contributed by atoms with Crippen LogP contribution in [-0.4, -0.2) is 32.7 Å². The van der Waals surface area contributed by atoms with E-state index in [9.17, 15) is 13.5 Å². The van der Waals surface area contributed by atoms with Crippen LogP contribution in [0.25, 0.3) is 0 Å². The van der Waals surface area contributed by atoms with Gasteiger partial charge >= 0.3 is 0 Å². The molecule has 0 spiro atoms. The molecular weight excluding hydrogens is 278 g/mol. The van der Waals surface area contributed by atoms with E-state index >= 15 is 0 Å². The fourth-order valence-corrected chi connectivity index (χ4v) is 3.34. The first-order chi connectivity index (χ1) is 9.43. The Balaban J connectivity index is 2.33. The molecule has 1 saturated carbocycles. The average Bonchev–Trinajstić information content (AvgIpc) is 2.89. The van der Waals surface area contributed by atoms with Gasteiger partial charge in [-0.15, -0.1) is 0 Å². The summed E-state index contributed by atoms with van der Waals surface area (Å²) in [7, 11) is -3.75. The fraction of sp³-hybridized carbons (Fsp3) is 0.538. The first-order valence-electron chi connectivity index (χ1n) is 6.73. The number of primary sulfonamides is 1. The van der Waals surface area contributed by atoms with Gasteiger partial charge in [-0.05, 0) is 31.0 Å². The number of aliphatic hydroxyl groups excluding tert-OH is 1. The Kier molecular flexibility index (Phi) is 4.52. The highest BCUT2D eigenvalue weighted by molar-refractivity contribution is 7.89. The Bertz CT molecular complexity index is 568. The number of benzene rings is 1. The molecule has 0 aliphatic heterocycles. The number of nitrogen functional groups attached to an aromatic ring is 1. The summed E-state index contributed by atoms with van der Waals surface area (Å²) in [6.45, 7) is 0.524. The van der Waals surface area contributed by atoms with Crippen LogP contribution in [0.3, 0.4) is 0 Å². The second-order valence-corrected chi connectivity index (χ2v) is 6.68. The zero-order chi connectivity index (χ0) is 14.8. The van der Waals surface area contributed by atoms with Crippen LogP contribution in [0, 0.1) is 0 Å². The van der Waals surface area contributed by atoms with Crippen LogP contribution in [0.4, 0.5) is 11.4 Å². The lowest BCUT2D eigenvalue weighted by Crippen LogP contribution is -2.36. The van der Waals surface area contributed by atoms with Gasteiger partial charge in [0.15, 0.2) is 0 Å². The summed E-state index contributed by atoms with van der Waals surface area (Å²) in [5.41, 5.74) is 7.11. The largest absolute Gasteiger partial charge is 0.397 e. The highest BCUT2D eigenvalue weighted by Crippen LogP contribution is 2.32. The summed E-state index contributed by atoms with van der Waals surface area (Å²) in [4.78, 5) is 2.07. The lowest BCUT2D eigenvalue weighted by Gasteiger charge is -2.31. The SMILES string of the molecule is Nc1cc(S(N)(=O)=O)ccc1N(CCO)C1CCCC1. The van der Waals surface area contributed by atoms with Gasteiger partial charge in [0.1, 0.15) is 0 Å². The summed E-state index contributed by atoms with van der Waals surface area (Å²) in [5.74, 6) is 0. The Morgan fingerprint density at radius 1 is 1.30 bits per heavy atom. The Morgan fingerprint density at radius 2 is 1.95 bits per heavy atom. The van der Waals surface area contributed by atoms with Gasteiger partial charge in [-0.1, -0.05) is 12.8 Å². The molecule has 0 bridgehead atoms. The molecule has 1 aliphatic rings. The molecule has 0 heterocycles. The fourth-order valence-electron chi connectivity index (χ4n) is 2.79. The molecule has 0 saturated heterocycles. The Hall–Kier alpha value is -1.31. The monoisotopic (exact) mass is 299 g/mol. The van der Waals surface area contributed by atoms with E-state index in [0.29, 0.717) is 18.3 Å². The minimum absolute atomic E-state index is 0.00844. The van der Waals surface area contributed by atoms with Gasteiger partial charge in [0.05, 0.1) is 22.9 Å². The van der Waals surface area contributed by atoms with Crippen molar-refractivity contribution >= 4 is 21.4 Å². The van der Waals surface area contributed by atoms with Gasteiger partial charge in [-0.2, -0.15) is 0 Å². The first-order valence-corrected chi connectivity index (χ1v) is 8.28. The van der Waals surface area contributed by atoms with Crippen molar-refractivity contribution in [2.75, 3.05) is 23.8 Å². The second-order valence-electron chi connectivity index (χ2n) is 5.12. The normalized spacial score (nSPS) is 16.5. The Morgan fingerprint density at radius 3 is 2.45 bits per heavy atom. The quantitative estimate of drug-likeness (QED) is 0.692. The van der Waals surface area contributed by atoms with Crippen LogP contribution >= 0.6 is 0 Å². The summed E-state index contributed by atoms with van der Waals surface area (Å²) >= 11 is 0. The third-order valence-electron chi connectivity index (χ3n) is 3.74. The van der Waals surface area contributed by atoms with E-state index in [0.717, 1.165) is 18.5 Å². The van der Waals surface area contributed by atoms with Gasteiger partial charge < -0.3 is 15.7 Å². The van der Waals surface area contributed by atoms with Crippen molar-refractivity contribution in [2.45, 2.75) is 36.6 Å². The molecule has 7 heteroatoms. The van der Waals surface area contributed by atoms with Crippen LogP contribution in [0.5, 0.6) is 0 Å². The lowest BCUT2D eigenvalue weighted by atomic mass is 10.1. The van der Waals surface area contributed by atoms with E-state index in [1.54, 1.807) is 6.07 Å². The summed E-state index contributed by atoms with van der Waals surface area (Å²) in [6, 6.07) is 4.86. The van der Waals surface area contributed by atoms with Gasteiger partial charge in [0, 0.05) is 12.6 Å². The number of anilines is 2. The lowest BCUT2D eigenvalue weighted by molar-refractivity contribution is 0.297. The van der Waals surface area contributed by atoms with E-state index in [1.165, 1.54) is 25.0 Å². The van der Waals surface area contributed by atoms with E-state index in [4.69, 9.17) is 10.9 Å². The number of nitrogens with zero attached hydrogens (tertiary/aromatic N) is 1. The van der Waals surface area contributed by atoms with Crippen molar-refractivity contribution in [2.24, 2.45) is 5.14 Å². The molecule has 1 aliphatic carbocycles. The van der Waals surface area contributed by atoms with Crippen LogP contribution in [0.15, 0.2) is 23.1 Å². The van der Waals surface area contributed by atoms with Crippen LogP contribution in [0.1, 0.15) is 25.7 Å². The number of rotatable bonds is 5. The number of aliphatic hydroxyl groups is 1. The van der Waals surface area contributed by atoms with Crippen molar-refractivity contribution in [3.63, 3.8) is 0 Å². The summed E-state index contributed by atoms with van der Waals surface area (Å²) in [6.07, 6.45) is 4.47. The molecule has 2 rings (SSSR count). The smallest absolute Gasteiger partial charge is 0.238 e. The maximum absolute atomic E-state index is 11.3. The van der Waals surface area contributed by atoms with Crippen molar-refractivity contribution < 1.29 is 13.5 Å². The zero-order valence-electron chi connectivity index (χ0n) is 11.3. The molecule has 0 aromatic heterocycles. The number of hydrogen-bond donors (Lipinski definition) is 3. The molecule has 0 unspecified atom stereocenters. The van der Waals surface area contributed by atoms with Crippen molar-refractivity contribution in [3.05, 3.63) is 18.2 Å². The third-order valence-corrected chi connectivity index (χ3v) is 4.65. The minimum atomic E-state index is -3.75. The molecule has 1 aromatic carbocycles. The van der Waals surface area contributed by atoms with Crippen molar-refractivity contribution in [1.29, 1.82) is 0 Å². The van der Waals surface area contributed by atoms with E-state index in [2.05, 4.69) is 4.90 Å². The standard InChI is InChI=1S/C13H21N3O3S/c14-12-9-11(20(15,18)19)5-6-13(12)16(7-8-17)10-3-1-2-4-10/h5-6,9-10,17H,1-4,7-8,14H2,(H2,15,18,19).